The van der Waals surface area contributed by atoms with Gasteiger partial charge in [-0.05, 0) is 87.5 Å². The second kappa shape index (κ2) is 18.2. The molecule has 0 amide bonds. The van der Waals surface area contributed by atoms with Crippen LogP contribution in [0.1, 0.15) is 41.3 Å². The first kappa shape index (κ1) is 37.9. The van der Waals surface area contributed by atoms with Crippen LogP contribution in [0.2, 0.25) is 5.02 Å². The van der Waals surface area contributed by atoms with Gasteiger partial charge in [-0.25, -0.2) is 18.2 Å². The molecule has 3 aromatic carbocycles. The Balaban J connectivity index is 0.00000520. The zero-order chi connectivity index (χ0) is 33.3. The molecule has 0 N–H and O–H groups in total. The van der Waals surface area contributed by atoms with Crippen LogP contribution >= 0.6 is 35.8 Å². The molecular formula is C35H40Cl2F3N3O4S. The monoisotopic (exact) mass is 725 g/mol. The lowest BCUT2D eigenvalue weighted by Crippen LogP contribution is -2.19. The Bertz CT molecular complexity index is 1640. The van der Waals surface area contributed by atoms with E-state index in [1.165, 1.54) is 36.0 Å². The Morgan fingerprint density at radius 1 is 0.938 bits per heavy atom. The zero-order valence-electron chi connectivity index (χ0n) is 27.1. The minimum Gasteiger partial charge on any atom is -0.495 e. The number of nitrogens with zero attached hydrogens (tertiary/aromatic N) is 3. The topological polar surface area (TPSA) is 58.0 Å². The largest absolute Gasteiger partial charge is 0.495 e. The minimum absolute atomic E-state index is 0. The Hall–Kier alpha value is -2.93. The Morgan fingerprint density at radius 3 is 2.40 bits per heavy atom. The highest BCUT2D eigenvalue weighted by Crippen LogP contribution is 2.43. The standard InChI is InChI=1S/C35H39ClF3N3O4S.ClH/c1-41(2)15-16-44-17-18-45-19-20-46-31-14-13-29(38)27(33(31)39)22-47-35-40-30-6-4-5-26(23-7-12-28(36)32(21-23)43-3)34(30)42(35)25-10-8-24(37)9-11-25;/h7-14,21,26H,4-6,15-20,22H2,1-3H3;1H. The molecule has 0 fully saturated rings. The predicted octanol–water partition coefficient (Wildman–Crippen LogP) is 8.11. The molecule has 1 heterocycles. The molecule has 0 radical (unpaired) electrons. The van der Waals surface area contributed by atoms with Gasteiger partial charge in [-0.3, -0.25) is 4.57 Å². The molecule has 0 bridgehead atoms. The number of rotatable bonds is 16. The number of ether oxygens (including phenoxy) is 4. The SMILES string of the molecule is COc1cc(C2CCCc3nc(SCc4c(F)ccc(OCCOCCOCCN(C)C)c4F)n(-c4ccc(F)cc4)c32)ccc1Cl.Cl. The fourth-order valence-electron chi connectivity index (χ4n) is 5.50. The summed E-state index contributed by atoms with van der Waals surface area (Å²) < 4.78 is 68.6. The van der Waals surface area contributed by atoms with Gasteiger partial charge in [0.1, 0.15) is 24.0 Å². The van der Waals surface area contributed by atoms with Crippen molar-refractivity contribution in [3.05, 3.63) is 99.6 Å². The molecule has 13 heteroatoms. The first-order chi connectivity index (χ1) is 22.8. The first-order valence-corrected chi connectivity index (χ1v) is 16.9. The van der Waals surface area contributed by atoms with E-state index in [4.69, 9.17) is 35.5 Å². The van der Waals surface area contributed by atoms with Crippen LogP contribution in [-0.2, 0) is 21.6 Å². The van der Waals surface area contributed by atoms with Crippen molar-refractivity contribution >= 4 is 35.8 Å². The van der Waals surface area contributed by atoms with Crippen LogP contribution in [0.3, 0.4) is 0 Å². The fourth-order valence-corrected chi connectivity index (χ4v) is 6.74. The highest BCUT2D eigenvalue weighted by atomic mass is 35.5. The summed E-state index contributed by atoms with van der Waals surface area (Å²) in [7, 11) is 5.52. The van der Waals surface area contributed by atoms with E-state index in [9.17, 15) is 4.39 Å². The molecule has 1 aliphatic rings. The van der Waals surface area contributed by atoms with Gasteiger partial charge in [-0.15, -0.1) is 12.4 Å². The molecule has 1 aliphatic carbocycles. The number of likely N-dealkylation sites (N-methyl/N-ethyl adjacent to an activating group) is 1. The summed E-state index contributed by atoms with van der Waals surface area (Å²) in [4.78, 5) is 6.99. The quantitative estimate of drug-likeness (QED) is 0.0855. The number of methoxy groups -OCH3 is 1. The number of hydrogen-bond donors (Lipinski definition) is 0. The number of halogens is 5. The van der Waals surface area contributed by atoms with E-state index >= 15 is 8.78 Å². The van der Waals surface area contributed by atoms with Crippen molar-refractivity contribution < 1.29 is 32.1 Å². The molecule has 1 atom stereocenters. The maximum Gasteiger partial charge on any atom is 0.173 e. The van der Waals surface area contributed by atoms with E-state index in [1.807, 2.05) is 41.8 Å². The van der Waals surface area contributed by atoms with E-state index in [-0.39, 0.29) is 54.4 Å². The third-order valence-electron chi connectivity index (χ3n) is 7.89. The Morgan fingerprint density at radius 2 is 1.67 bits per heavy atom. The molecule has 48 heavy (non-hydrogen) atoms. The van der Waals surface area contributed by atoms with Gasteiger partial charge >= 0.3 is 0 Å². The van der Waals surface area contributed by atoms with Crippen molar-refractivity contribution in [1.29, 1.82) is 0 Å². The van der Waals surface area contributed by atoms with Crippen LogP contribution in [0, 0.1) is 17.5 Å². The molecule has 0 saturated carbocycles. The molecule has 0 spiro atoms. The van der Waals surface area contributed by atoms with E-state index < -0.39 is 11.6 Å². The van der Waals surface area contributed by atoms with Crippen LogP contribution in [0.4, 0.5) is 13.2 Å². The van der Waals surface area contributed by atoms with Gasteiger partial charge in [0, 0.05) is 29.5 Å². The van der Waals surface area contributed by atoms with Crippen LogP contribution < -0.4 is 9.47 Å². The maximum absolute atomic E-state index is 15.6. The van der Waals surface area contributed by atoms with E-state index in [1.54, 1.807) is 19.2 Å². The fraction of sp³-hybridized carbons (Fsp3) is 0.400. The molecule has 5 rings (SSSR count). The van der Waals surface area contributed by atoms with E-state index in [0.29, 0.717) is 41.4 Å². The van der Waals surface area contributed by atoms with Crippen molar-refractivity contribution in [2.45, 2.75) is 36.1 Å². The van der Waals surface area contributed by atoms with Crippen LogP contribution in [0.5, 0.6) is 11.5 Å². The van der Waals surface area contributed by atoms with Crippen LogP contribution in [-0.4, -0.2) is 75.2 Å². The number of aromatic nitrogens is 2. The normalized spacial score (nSPS) is 14.1. The summed E-state index contributed by atoms with van der Waals surface area (Å²) in [6.45, 7) is 2.61. The predicted molar refractivity (Wildman–Crippen MR) is 185 cm³/mol. The smallest absolute Gasteiger partial charge is 0.173 e. The van der Waals surface area contributed by atoms with Crippen LogP contribution in [0.15, 0.2) is 59.8 Å². The van der Waals surface area contributed by atoms with Gasteiger partial charge in [0.2, 0.25) is 0 Å². The average Bonchev–Trinajstić information content (AvgIpc) is 3.44. The van der Waals surface area contributed by atoms with Crippen molar-refractivity contribution in [3.63, 3.8) is 0 Å². The van der Waals surface area contributed by atoms with Crippen LogP contribution in [0.25, 0.3) is 5.69 Å². The van der Waals surface area contributed by atoms with Crippen molar-refractivity contribution in [1.82, 2.24) is 14.5 Å². The van der Waals surface area contributed by atoms with Gasteiger partial charge in [-0.2, -0.15) is 0 Å². The molecule has 1 aromatic heterocycles. The summed E-state index contributed by atoms with van der Waals surface area (Å²) in [5, 5.41) is 1.07. The number of imidazole rings is 1. The van der Waals surface area contributed by atoms with Gasteiger partial charge in [0.05, 0.1) is 49.9 Å². The number of thioether (sulfide) groups is 1. The lowest BCUT2D eigenvalue weighted by molar-refractivity contribution is 0.0320. The second-order valence-corrected chi connectivity index (χ2v) is 12.7. The van der Waals surface area contributed by atoms with E-state index in [2.05, 4.69) is 0 Å². The van der Waals surface area contributed by atoms with Gasteiger partial charge in [-0.1, -0.05) is 29.4 Å². The van der Waals surface area contributed by atoms with Gasteiger partial charge < -0.3 is 23.8 Å². The number of aryl methyl sites for hydroxylation is 1. The molecule has 0 aliphatic heterocycles. The third kappa shape index (κ3) is 9.40. The highest BCUT2D eigenvalue weighted by molar-refractivity contribution is 7.98. The summed E-state index contributed by atoms with van der Waals surface area (Å²) in [5.41, 5.74) is 3.44. The summed E-state index contributed by atoms with van der Waals surface area (Å²) in [6.07, 6.45) is 2.50. The average molecular weight is 727 g/mol. The van der Waals surface area contributed by atoms with Crippen molar-refractivity contribution in [2.24, 2.45) is 0 Å². The lowest BCUT2D eigenvalue weighted by Gasteiger charge is -2.26. The lowest BCUT2D eigenvalue weighted by atomic mass is 9.84. The molecular weight excluding hydrogens is 686 g/mol. The molecule has 1 unspecified atom stereocenters. The van der Waals surface area contributed by atoms with Gasteiger partial charge in [0.15, 0.2) is 16.7 Å². The van der Waals surface area contributed by atoms with Crippen molar-refractivity contribution in [2.75, 3.05) is 60.8 Å². The Kier molecular flexibility index (Phi) is 14.3. The molecule has 7 nitrogen and oxygen atoms in total. The number of benzene rings is 3. The maximum atomic E-state index is 15.6. The first-order valence-electron chi connectivity index (χ1n) is 15.5. The van der Waals surface area contributed by atoms with Gasteiger partial charge in [0.25, 0.3) is 0 Å². The summed E-state index contributed by atoms with van der Waals surface area (Å²) in [5.74, 6) is -1.37. The highest BCUT2D eigenvalue weighted by Gasteiger charge is 2.31. The summed E-state index contributed by atoms with van der Waals surface area (Å²) >= 11 is 7.54. The third-order valence-corrected chi connectivity index (χ3v) is 9.17. The molecule has 260 valence electrons. The number of fused-ring (bicyclic) bond motifs is 1. The number of hydrogen-bond acceptors (Lipinski definition) is 7. The zero-order valence-corrected chi connectivity index (χ0v) is 29.5. The molecule has 4 aromatic rings. The second-order valence-electron chi connectivity index (χ2n) is 11.4. The van der Waals surface area contributed by atoms with E-state index in [0.717, 1.165) is 42.8 Å². The molecule has 0 saturated heterocycles. The minimum atomic E-state index is -0.764. The summed E-state index contributed by atoms with van der Waals surface area (Å²) in [6, 6.07) is 14.4. The Labute approximate surface area is 295 Å². The van der Waals surface area contributed by atoms with Crippen molar-refractivity contribution in [3.8, 4) is 17.2 Å².